The minimum Gasteiger partial charge on any atom is -0.0919 e. The summed E-state index contributed by atoms with van der Waals surface area (Å²) < 4.78 is 0. The second-order valence-electron chi connectivity index (χ2n) is 3.63. The van der Waals surface area contributed by atoms with Gasteiger partial charge in [0.1, 0.15) is 0 Å². The van der Waals surface area contributed by atoms with Crippen molar-refractivity contribution in [1.82, 2.24) is 0 Å². The molecule has 0 heterocycles. The Kier molecular flexibility index (Phi) is 4.02. The van der Waals surface area contributed by atoms with Crippen molar-refractivity contribution in [3.8, 4) is 23.0 Å². The number of rotatable bonds is 2. The van der Waals surface area contributed by atoms with Gasteiger partial charge < -0.3 is 0 Å². The summed E-state index contributed by atoms with van der Waals surface area (Å²) >= 11 is 0. The maximum Gasteiger partial charge on any atom is 0.0880 e. The van der Waals surface area contributed by atoms with Crippen LogP contribution in [0.4, 0.5) is 0 Å². The first-order chi connectivity index (χ1) is 8.90. The van der Waals surface area contributed by atoms with Crippen molar-refractivity contribution in [1.29, 1.82) is 0 Å². The molecule has 0 aliphatic carbocycles. The van der Waals surface area contributed by atoms with Crippen LogP contribution >= 0.6 is 0 Å². The molecule has 18 heavy (non-hydrogen) atoms. The van der Waals surface area contributed by atoms with E-state index in [1.165, 1.54) is 5.56 Å². The largest absolute Gasteiger partial charge is 0.0919 e. The molecule has 0 aliphatic heterocycles. The Morgan fingerprint density at radius 1 is 0.944 bits per heavy atom. The van der Waals surface area contributed by atoms with Gasteiger partial charge in [0.05, 0.1) is 6.54 Å². The number of hydrogen-bond donors (Lipinski definition) is 0. The van der Waals surface area contributed by atoms with Gasteiger partial charge in [-0.25, -0.2) is 0 Å². The maximum atomic E-state index is 8.12. The minimum atomic E-state index is 0.205. The molecule has 2 aromatic carbocycles. The molecule has 0 bridgehead atoms. The average molecular weight is 233 g/mol. The molecule has 0 fully saturated rings. The van der Waals surface area contributed by atoms with Gasteiger partial charge >= 0.3 is 0 Å². The third-order valence-corrected chi connectivity index (χ3v) is 2.44. The van der Waals surface area contributed by atoms with Gasteiger partial charge in [-0.3, -0.25) is 0 Å². The topological polar surface area (TPSA) is 48.8 Å². The zero-order valence-corrected chi connectivity index (χ0v) is 9.74. The lowest BCUT2D eigenvalue weighted by molar-refractivity contribution is 1.25. The highest BCUT2D eigenvalue weighted by molar-refractivity contribution is 5.64. The van der Waals surface area contributed by atoms with E-state index in [-0.39, 0.29) is 6.54 Å². The van der Waals surface area contributed by atoms with Crippen LogP contribution in [0.3, 0.4) is 0 Å². The lowest BCUT2D eigenvalue weighted by Gasteiger charge is -2.00. The van der Waals surface area contributed by atoms with E-state index in [1.54, 1.807) is 0 Å². The molecular weight excluding hydrogens is 222 g/mol. The second-order valence-corrected chi connectivity index (χ2v) is 3.63. The maximum absolute atomic E-state index is 8.12. The first kappa shape index (κ1) is 11.8. The van der Waals surface area contributed by atoms with Crippen molar-refractivity contribution in [2.45, 2.75) is 0 Å². The predicted octanol–water partition coefficient (Wildman–Crippen LogP) is 4.02. The van der Waals surface area contributed by atoms with E-state index in [4.69, 9.17) is 5.53 Å². The van der Waals surface area contributed by atoms with Gasteiger partial charge in [0, 0.05) is 10.5 Å². The smallest absolute Gasteiger partial charge is 0.0880 e. The van der Waals surface area contributed by atoms with Gasteiger partial charge in [-0.1, -0.05) is 59.4 Å². The lowest BCUT2D eigenvalue weighted by atomic mass is 10.0. The first-order valence-electron chi connectivity index (χ1n) is 5.55. The summed E-state index contributed by atoms with van der Waals surface area (Å²) in [5, 5.41) is 3.36. The van der Waals surface area contributed by atoms with E-state index in [1.807, 2.05) is 42.5 Å². The fourth-order valence-corrected chi connectivity index (χ4v) is 1.59. The molecular formula is C15H11N3. The van der Waals surface area contributed by atoms with Crippen LogP contribution in [0.15, 0.2) is 59.7 Å². The number of nitrogens with zero attached hydrogens (tertiary/aromatic N) is 3. The fourth-order valence-electron chi connectivity index (χ4n) is 1.59. The van der Waals surface area contributed by atoms with Crippen LogP contribution in [0, 0.1) is 11.8 Å². The van der Waals surface area contributed by atoms with E-state index in [0.717, 1.165) is 11.1 Å². The summed E-state index contributed by atoms with van der Waals surface area (Å²) in [7, 11) is 0. The monoisotopic (exact) mass is 233 g/mol. The van der Waals surface area contributed by atoms with Gasteiger partial charge in [-0.05, 0) is 28.8 Å². The van der Waals surface area contributed by atoms with Crippen LogP contribution in [0.1, 0.15) is 5.56 Å². The highest BCUT2D eigenvalue weighted by Gasteiger charge is 1.95. The van der Waals surface area contributed by atoms with Crippen molar-refractivity contribution >= 4 is 0 Å². The summed E-state index contributed by atoms with van der Waals surface area (Å²) in [5.41, 5.74) is 11.4. The molecule has 0 amide bonds. The SMILES string of the molecule is [N-]=[N+]=NCC#Cc1ccc(-c2ccccc2)cc1. The number of hydrogen-bond acceptors (Lipinski definition) is 1. The summed E-state index contributed by atoms with van der Waals surface area (Å²) in [5.74, 6) is 5.73. The second kappa shape index (κ2) is 6.15. The van der Waals surface area contributed by atoms with Crippen molar-refractivity contribution in [2.24, 2.45) is 5.11 Å². The van der Waals surface area contributed by atoms with Gasteiger partial charge in [0.2, 0.25) is 0 Å². The summed E-state index contributed by atoms with van der Waals surface area (Å²) in [6.45, 7) is 0.205. The average Bonchev–Trinajstić information content (AvgIpc) is 2.45. The molecule has 3 nitrogen and oxygen atoms in total. The van der Waals surface area contributed by atoms with Crippen LogP contribution in [0.2, 0.25) is 0 Å². The Hall–Kier alpha value is -2.69. The van der Waals surface area contributed by atoms with Crippen LogP contribution in [-0.4, -0.2) is 6.54 Å². The Morgan fingerprint density at radius 2 is 1.61 bits per heavy atom. The van der Waals surface area contributed by atoms with Gasteiger partial charge in [-0.2, -0.15) is 0 Å². The van der Waals surface area contributed by atoms with E-state index in [9.17, 15) is 0 Å². The van der Waals surface area contributed by atoms with Crippen molar-refractivity contribution in [3.63, 3.8) is 0 Å². The first-order valence-corrected chi connectivity index (χ1v) is 5.55. The molecule has 3 heteroatoms. The molecule has 0 saturated carbocycles. The number of azide groups is 1. The lowest BCUT2D eigenvalue weighted by Crippen LogP contribution is -1.79. The minimum absolute atomic E-state index is 0.205. The van der Waals surface area contributed by atoms with E-state index in [2.05, 4.69) is 34.0 Å². The molecule has 0 atom stereocenters. The predicted molar refractivity (Wildman–Crippen MR) is 72.8 cm³/mol. The standard InChI is InChI=1S/C15H11N3/c16-18-17-12-4-5-13-8-10-15(11-9-13)14-6-2-1-3-7-14/h1-3,6-11H,12H2. The zero-order chi connectivity index (χ0) is 12.6. The molecule has 0 aliphatic rings. The van der Waals surface area contributed by atoms with Crippen LogP contribution in [0.25, 0.3) is 21.6 Å². The number of benzene rings is 2. The normalized spacial score (nSPS) is 8.89. The van der Waals surface area contributed by atoms with Gasteiger partial charge in [-0.15, -0.1) is 0 Å². The molecule has 86 valence electrons. The molecule has 0 radical (unpaired) electrons. The highest BCUT2D eigenvalue weighted by Crippen LogP contribution is 2.18. The third kappa shape index (κ3) is 3.15. The molecule has 2 aromatic rings. The molecule has 0 spiro atoms. The van der Waals surface area contributed by atoms with Gasteiger partial charge in [0.15, 0.2) is 0 Å². The molecule has 2 rings (SSSR count). The molecule has 0 aromatic heterocycles. The molecule has 0 unspecified atom stereocenters. The molecule has 0 N–H and O–H groups in total. The zero-order valence-electron chi connectivity index (χ0n) is 9.74. The Labute approximate surface area is 106 Å². The van der Waals surface area contributed by atoms with Crippen LogP contribution in [-0.2, 0) is 0 Å². The van der Waals surface area contributed by atoms with E-state index >= 15 is 0 Å². The van der Waals surface area contributed by atoms with Gasteiger partial charge in [0.25, 0.3) is 0 Å². The highest BCUT2D eigenvalue weighted by atomic mass is 15.1. The third-order valence-electron chi connectivity index (χ3n) is 2.44. The van der Waals surface area contributed by atoms with Crippen LogP contribution < -0.4 is 0 Å². The molecule has 0 saturated heterocycles. The Morgan fingerprint density at radius 3 is 2.28 bits per heavy atom. The van der Waals surface area contributed by atoms with Crippen molar-refractivity contribution < 1.29 is 0 Å². The van der Waals surface area contributed by atoms with E-state index in [0.29, 0.717) is 0 Å². The van der Waals surface area contributed by atoms with Crippen LogP contribution in [0.5, 0.6) is 0 Å². The summed E-state index contributed by atoms with van der Waals surface area (Å²) in [6.07, 6.45) is 0. The summed E-state index contributed by atoms with van der Waals surface area (Å²) in [6, 6.07) is 18.2. The quantitative estimate of drug-likeness (QED) is 0.325. The van der Waals surface area contributed by atoms with E-state index < -0.39 is 0 Å². The van der Waals surface area contributed by atoms with Crippen molar-refractivity contribution in [2.75, 3.05) is 6.54 Å². The summed E-state index contributed by atoms with van der Waals surface area (Å²) in [4.78, 5) is 2.64. The Balaban J connectivity index is 2.15. The Bertz CT molecular complexity index is 612. The fraction of sp³-hybridized carbons (Fsp3) is 0.0667. The van der Waals surface area contributed by atoms with Crippen molar-refractivity contribution in [3.05, 3.63) is 70.6 Å².